The lowest BCUT2D eigenvalue weighted by Gasteiger charge is -2.17. The Labute approximate surface area is 120 Å². The van der Waals surface area contributed by atoms with Crippen molar-refractivity contribution in [3.05, 3.63) is 22.6 Å². The molecule has 1 saturated heterocycles. The first-order valence-corrected chi connectivity index (χ1v) is 6.73. The summed E-state index contributed by atoms with van der Waals surface area (Å²) in [5.74, 6) is 1.15. The SMILES string of the molecule is Cl.NC1CCC2CN(C(=O)c3coc(Br)c3)CC12. The van der Waals surface area contributed by atoms with Gasteiger partial charge in [0.15, 0.2) is 4.67 Å². The number of furan rings is 1. The Morgan fingerprint density at radius 3 is 2.83 bits per heavy atom. The molecule has 2 aliphatic rings. The number of fused-ring (bicyclic) bond motifs is 1. The Balaban J connectivity index is 0.00000120. The molecule has 18 heavy (non-hydrogen) atoms. The minimum absolute atomic E-state index is 0. The van der Waals surface area contributed by atoms with Gasteiger partial charge in [-0.3, -0.25) is 4.79 Å². The van der Waals surface area contributed by atoms with E-state index in [2.05, 4.69) is 15.9 Å². The second-order valence-corrected chi connectivity index (χ2v) is 5.80. The zero-order chi connectivity index (χ0) is 12.0. The summed E-state index contributed by atoms with van der Waals surface area (Å²) in [6, 6.07) is 1.99. The van der Waals surface area contributed by atoms with Gasteiger partial charge in [-0.2, -0.15) is 0 Å². The van der Waals surface area contributed by atoms with Crippen LogP contribution in [0, 0.1) is 11.8 Å². The number of rotatable bonds is 1. The van der Waals surface area contributed by atoms with Gasteiger partial charge in [0.2, 0.25) is 0 Å². The molecule has 0 aromatic carbocycles. The highest BCUT2D eigenvalue weighted by Gasteiger charge is 2.42. The maximum Gasteiger partial charge on any atom is 0.257 e. The van der Waals surface area contributed by atoms with Crippen LogP contribution < -0.4 is 5.73 Å². The molecule has 1 aromatic heterocycles. The van der Waals surface area contributed by atoms with Gasteiger partial charge in [0.05, 0.1) is 5.56 Å². The van der Waals surface area contributed by atoms with Crippen LogP contribution in [0.25, 0.3) is 0 Å². The third kappa shape index (κ3) is 2.31. The van der Waals surface area contributed by atoms with Crippen LogP contribution in [0.3, 0.4) is 0 Å². The number of carbonyl (C=O) groups excluding carboxylic acids is 1. The summed E-state index contributed by atoms with van der Waals surface area (Å²) in [7, 11) is 0. The summed E-state index contributed by atoms with van der Waals surface area (Å²) in [6.07, 6.45) is 3.76. The minimum atomic E-state index is 0. The zero-order valence-electron chi connectivity index (χ0n) is 9.84. The van der Waals surface area contributed by atoms with E-state index < -0.39 is 0 Å². The molecule has 1 saturated carbocycles. The summed E-state index contributed by atoms with van der Waals surface area (Å²) in [6.45, 7) is 1.65. The highest BCUT2D eigenvalue weighted by molar-refractivity contribution is 9.10. The van der Waals surface area contributed by atoms with Crippen molar-refractivity contribution < 1.29 is 9.21 Å². The number of halogens is 2. The van der Waals surface area contributed by atoms with Crippen molar-refractivity contribution >= 4 is 34.2 Å². The first-order chi connectivity index (χ1) is 8.15. The first-order valence-electron chi connectivity index (χ1n) is 5.94. The van der Waals surface area contributed by atoms with Gasteiger partial charge in [-0.25, -0.2) is 0 Å². The van der Waals surface area contributed by atoms with Gasteiger partial charge in [0.25, 0.3) is 5.91 Å². The summed E-state index contributed by atoms with van der Waals surface area (Å²) >= 11 is 3.21. The quantitative estimate of drug-likeness (QED) is 0.856. The van der Waals surface area contributed by atoms with Gasteiger partial charge in [0, 0.05) is 25.2 Å². The van der Waals surface area contributed by atoms with Gasteiger partial charge in [-0.05, 0) is 40.6 Å². The lowest BCUT2D eigenvalue weighted by molar-refractivity contribution is 0.0779. The monoisotopic (exact) mass is 334 g/mol. The number of hydrogen-bond donors (Lipinski definition) is 1. The third-order valence-electron chi connectivity index (χ3n) is 4.01. The number of carbonyl (C=O) groups is 1. The average Bonchev–Trinajstić information content (AvgIpc) is 2.96. The Hall–Kier alpha value is -0.520. The van der Waals surface area contributed by atoms with E-state index in [1.54, 1.807) is 6.07 Å². The standard InChI is InChI=1S/C12H15BrN2O2.ClH/c13-11-3-8(6-17-11)12(16)15-4-7-1-2-10(14)9(7)5-15;/h3,6-7,9-10H,1-2,4-5,14H2;1H. The van der Waals surface area contributed by atoms with E-state index >= 15 is 0 Å². The minimum Gasteiger partial charge on any atom is -0.457 e. The molecule has 2 fully saturated rings. The molecule has 1 aliphatic carbocycles. The normalized spacial score (nSPS) is 30.1. The van der Waals surface area contributed by atoms with E-state index in [0.717, 1.165) is 25.9 Å². The Morgan fingerprint density at radius 2 is 2.22 bits per heavy atom. The fourth-order valence-electron chi connectivity index (χ4n) is 3.08. The molecule has 3 atom stereocenters. The van der Waals surface area contributed by atoms with Crippen LogP contribution in [0.2, 0.25) is 0 Å². The van der Waals surface area contributed by atoms with Crippen molar-refractivity contribution in [1.29, 1.82) is 0 Å². The molecule has 6 heteroatoms. The molecule has 3 rings (SSSR count). The van der Waals surface area contributed by atoms with Gasteiger partial charge < -0.3 is 15.1 Å². The molecule has 1 aliphatic heterocycles. The maximum absolute atomic E-state index is 12.2. The lowest BCUT2D eigenvalue weighted by atomic mass is 9.98. The Morgan fingerprint density at radius 1 is 1.44 bits per heavy atom. The highest BCUT2D eigenvalue weighted by Crippen LogP contribution is 2.37. The molecule has 1 aromatic rings. The fraction of sp³-hybridized carbons (Fsp3) is 0.583. The van der Waals surface area contributed by atoms with Gasteiger partial charge in [0.1, 0.15) is 6.26 Å². The predicted molar refractivity (Wildman–Crippen MR) is 73.7 cm³/mol. The van der Waals surface area contributed by atoms with Crippen molar-refractivity contribution in [1.82, 2.24) is 4.90 Å². The number of nitrogens with zero attached hydrogens (tertiary/aromatic N) is 1. The first kappa shape index (κ1) is 13.9. The van der Waals surface area contributed by atoms with E-state index in [4.69, 9.17) is 10.2 Å². The second kappa shape index (κ2) is 5.23. The number of nitrogens with two attached hydrogens (primary N) is 1. The molecule has 3 unspecified atom stereocenters. The highest BCUT2D eigenvalue weighted by atomic mass is 79.9. The smallest absolute Gasteiger partial charge is 0.257 e. The van der Waals surface area contributed by atoms with E-state index in [1.807, 2.05) is 4.90 Å². The molecule has 0 spiro atoms. The number of amides is 1. The van der Waals surface area contributed by atoms with Crippen molar-refractivity contribution in [3.8, 4) is 0 Å². The summed E-state index contributed by atoms with van der Waals surface area (Å²) in [5, 5.41) is 0. The van der Waals surface area contributed by atoms with Crippen molar-refractivity contribution in [2.45, 2.75) is 18.9 Å². The van der Waals surface area contributed by atoms with Crippen LogP contribution in [0.5, 0.6) is 0 Å². The molecular formula is C12H16BrClN2O2. The molecule has 0 bridgehead atoms. The van der Waals surface area contributed by atoms with E-state index in [-0.39, 0.29) is 24.4 Å². The van der Waals surface area contributed by atoms with Gasteiger partial charge in [-0.15, -0.1) is 12.4 Å². The largest absolute Gasteiger partial charge is 0.457 e. The van der Waals surface area contributed by atoms with Crippen LogP contribution in [0.1, 0.15) is 23.2 Å². The summed E-state index contributed by atoms with van der Waals surface area (Å²) < 4.78 is 5.70. The maximum atomic E-state index is 12.2. The molecule has 4 nitrogen and oxygen atoms in total. The molecule has 1 amide bonds. The van der Waals surface area contributed by atoms with Crippen molar-refractivity contribution in [2.24, 2.45) is 17.6 Å². The molecule has 2 N–H and O–H groups in total. The van der Waals surface area contributed by atoms with Crippen LogP contribution >= 0.6 is 28.3 Å². The van der Waals surface area contributed by atoms with Crippen LogP contribution in [-0.4, -0.2) is 29.9 Å². The van der Waals surface area contributed by atoms with E-state index in [1.165, 1.54) is 6.26 Å². The molecule has 0 radical (unpaired) electrons. The van der Waals surface area contributed by atoms with Crippen LogP contribution in [0.4, 0.5) is 0 Å². The number of likely N-dealkylation sites (tertiary alicyclic amines) is 1. The summed E-state index contributed by atoms with van der Waals surface area (Å²) in [5.41, 5.74) is 6.68. The van der Waals surface area contributed by atoms with Gasteiger partial charge in [-0.1, -0.05) is 0 Å². The van der Waals surface area contributed by atoms with Crippen LogP contribution in [0.15, 0.2) is 21.4 Å². The fourth-order valence-corrected chi connectivity index (χ4v) is 3.42. The van der Waals surface area contributed by atoms with E-state index in [9.17, 15) is 4.79 Å². The van der Waals surface area contributed by atoms with Crippen molar-refractivity contribution in [3.63, 3.8) is 0 Å². The third-order valence-corrected chi connectivity index (χ3v) is 4.43. The number of hydrogen-bond acceptors (Lipinski definition) is 3. The topological polar surface area (TPSA) is 59.5 Å². The predicted octanol–water partition coefficient (Wildman–Crippen LogP) is 2.27. The second-order valence-electron chi connectivity index (χ2n) is 5.01. The molecule has 2 heterocycles. The lowest BCUT2D eigenvalue weighted by Crippen LogP contribution is -2.33. The Bertz CT molecular complexity index is 451. The van der Waals surface area contributed by atoms with Crippen LogP contribution in [-0.2, 0) is 0 Å². The molecule has 100 valence electrons. The summed E-state index contributed by atoms with van der Waals surface area (Å²) in [4.78, 5) is 14.1. The van der Waals surface area contributed by atoms with Crippen molar-refractivity contribution in [2.75, 3.05) is 13.1 Å². The zero-order valence-corrected chi connectivity index (χ0v) is 12.2. The Kier molecular flexibility index (Phi) is 4.04. The molecular weight excluding hydrogens is 320 g/mol. The van der Waals surface area contributed by atoms with E-state index in [0.29, 0.717) is 22.1 Å². The van der Waals surface area contributed by atoms with Gasteiger partial charge >= 0.3 is 0 Å². The average molecular weight is 336 g/mol.